The highest BCUT2D eigenvalue weighted by atomic mass is 32.2. The molecule has 0 unspecified atom stereocenters. The number of pyridine rings is 1. The molecule has 0 aliphatic carbocycles. The van der Waals surface area contributed by atoms with Crippen LogP contribution in [0.1, 0.15) is 10.4 Å². The maximum Gasteiger partial charge on any atom is 0.255 e. The van der Waals surface area contributed by atoms with Gasteiger partial charge in [0.15, 0.2) is 6.73 Å². The Morgan fingerprint density at radius 2 is 1.78 bits per heavy atom. The van der Waals surface area contributed by atoms with Gasteiger partial charge in [-0.05, 0) is 60.7 Å². The first-order valence-electron chi connectivity index (χ1n) is 16.4. The molecule has 8 rings (SSSR count). The Bertz CT molecular complexity index is 2440. The molecule has 3 aromatic carbocycles. The summed E-state index contributed by atoms with van der Waals surface area (Å²) in [6.07, 6.45) is 1.14. The highest BCUT2D eigenvalue weighted by Gasteiger charge is 2.30. The number of benzene rings is 3. The van der Waals surface area contributed by atoms with Gasteiger partial charge in [-0.3, -0.25) is 14.0 Å². The lowest BCUT2D eigenvalue weighted by atomic mass is 10.00. The SMILES string of the molecule is CNC(=O)c1c(-c2ccc(F)cc2)oc2cc(N(CCN3CCOCC3)S(C)(=O)=O)c(-c3ccc4c(n3)-c3cc5c(F)cccc5n3CO4)cc12. The highest BCUT2D eigenvalue weighted by molar-refractivity contribution is 7.92. The zero-order valence-corrected chi connectivity index (χ0v) is 28.6. The van der Waals surface area contributed by atoms with E-state index < -0.39 is 21.7 Å². The molecule has 14 heteroatoms. The smallest absolute Gasteiger partial charge is 0.255 e. The first-order valence-corrected chi connectivity index (χ1v) is 18.2. The van der Waals surface area contributed by atoms with Gasteiger partial charge < -0.3 is 23.8 Å². The zero-order chi connectivity index (χ0) is 35.4. The fraction of sp³-hybridized carbons (Fsp3) is 0.243. The van der Waals surface area contributed by atoms with E-state index in [2.05, 4.69) is 10.2 Å². The third kappa shape index (κ3) is 5.88. The van der Waals surface area contributed by atoms with Crippen LogP contribution in [-0.4, -0.2) is 81.5 Å². The summed E-state index contributed by atoms with van der Waals surface area (Å²) in [5.41, 5.74) is 3.74. The minimum Gasteiger partial charge on any atom is -0.470 e. The molecule has 0 spiro atoms. The second-order valence-corrected chi connectivity index (χ2v) is 14.4. The minimum atomic E-state index is -3.87. The number of halogens is 2. The van der Waals surface area contributed by atoms with Crippen LogP contribution in [0.2, 0.25) is 0 Å². The van der Waals surface area contributed by atoms with Crippen molar-refractivity contribution >= 4 is 43.5 Å². The number of amides is 1. The van der Waals surface area contributed by atoms with Crippen molar-refractivity contribution in [1.82, 2.24) is 19.8 Å². The van der Waals surface area contributed by atoms with Gasteiger partial charge in [0.25, 0.3) is 5.91 Å². The zero-order valence-electron chi connectivity index (χ0n) is 27.8. The molecule has 1 fully saturated rings. The maximum atomic E-state index is 14.9. The monoisotopic (exact) mass is 713 g/mol. The number of nitrogens with zero attached hydrogens (tertiary/aromatic N) is 4. The maximum absolute atomic E-state index is 14.9. The van der Waals surface area contributed by atoms with E-state index in [-0.39, 0.29) is 41.7 Å². The van der Waals surface area contributed by atoms with E-state index in [0.717, 1.165) is 6.26 Å². The van der Waals surface area contributed by atoms with Crippen molar-refractivity contribution < 1.29 is 35.9 Å². The molecule has 1 N–H and O–H groups in total. The van der Waals surface area contributed by atoms with E-state index >= 15 is 0 Å². The summed E-state index contributed by atoms with van der Waals surface area (Å²) in [6.45, 7) is 3.16. The number of fused-ring (bicyclic) bond motifs is 6. The van der Waals surface area contributed by atoms with Crippen molar-refractivity contribution in [2.75, 3.05) is 57.0 Å². The van der Waals surface area contributed by atoms with Gasteiger partial charge in [-0.1, -0.05) is 6.07 Å². The van der Waals surface area contributed by atoms with E-state index in [1.807, 2.05) is 10.6 Å². The number of morpholine rings is 1. The molecular formula is C37H33F2N5O6S. The fourth-order valence-corrected chi connectivity index (χ4v) is 7.76. The summed E-state index contributed by atoms with van der Waals surface area (Å²) in [5, 5.41) is 3.49. The molecule has 0 radical (unpaired) electrons. The number of sulfonamides is 1. The Kier molecular flexibility index (Phi) is 8.24. The van der Waals surface area contributed by atoms with Crippen LogP contribution in [0.15, 0.2) is 77.2 Å². The van der Waals surface area contributed by atoms with Gasteiger partial charge in [0.05, 0.1) is 47.6 Å². The van der Waals surface area contributed by atoms with Crippen LogP contribution in [0.4, 0.5) is 14.5 Å². The number of nitrogens with one attached hydrogen (secondary N) is 1. The molecule has 3 aromatic heterocycles. The molecule has 2 aliphatic rings. The van der Waals surface area contributed by atoms with Crippen LogP contribution in [-0.2, 0) is 21.5 Å². The number of furan rings is 1. The predicted molar refractivity (Wildman–Crippen MR) is 189 cm³/mol. The van der Waals surface area contributed by atoms with Crippen LogP contribution < -0.4 is 14.4 Å². The van der Waals surface area contributed by atoms with Crippen LogP contribution in [0, 0.1) is 11.6 Å². The van der Waals surface area contributed by atoms with Crippen molar-refractivity contribution in [2.45, 2.75) is 6.73 Å². The molecule has 6 aromatic rings. The van der Waals surface area contributed by atoms with Crippen LogP contribution in [0.25, 0.3) is 55.8 Å². The van der Waals surface area contributed by atoms with Gasteiger partial charge >= 0.3 is 0 Å². The number of rotatable bonds is 8. The summed E-state index contributed by atoms with van der Waals surface area (Å²) in [7, 11) is -2.38. The van der Waals surface area contributed by atoms with Crippen LogP contribution >= 0.6 is 0 Å². The molecule has 262 valence electrons. The number of hydrogen-bond donors (Lipinski definition) is 1. The lowest BCUT2D eigenvalue weighted by Gasteiger charge is -2.31. The van der Waals surface area contributed by atoms with Gasteiger partial charge in [0.1, 0.15) is 34.4 Å². The molecule has 51 heavy (non-hydrogen) atoms. The molecule has 0 bridgehead atoms. The van der Waals surface area contributed by atoms with Gasteiger partial charge in [-0.2, -0.15) is 0 Å². The Labute approximate surface area is 292 Å². The second-order valence-electron chi connectivity index (χ2n) is 12.5. The number of carbonyl (C=O) groups excluding carboxylic acids is 1. The number of aromatic nitrogens is 2. The van der Waals surface area contributed by atoms with Gasteiger partial charge in [-0.15, -0.1) is 0 Å². The van der Waals surface area contributed by atoms with Crippen molar-refractivity contribution in [1.29, 1.82) is 0 Å². The van der Waals surface area contributed by atoms with Gasteiger partial charge in [0, 0.05) is 61.2 Å². The molecule has 1 amide bonds. The third-order valence-corrected chi connectivity index (χ3v) is 10.6. The summed E-state index contributed by atoms with van der Waals surface area (Å²) in [6, 6.07) is 18.9. The summed E-state index contributed by atoms with van der Waals surface area (Å²) in [5.74, 6) is -0.587. The lowest BCUT2D eigenvalue weighted by molar-refractivity contribution is 0.0395. The molecule has 5 heterocycles. The van der Waals surface area contributed by atoms with E-state index in [1.165, 1.54) is 41.7 Å². The van der Waals surface area contributed by atoms with Crippen molar-refractivity contribution in [3.8, 4) is 39.7 Å². The number of ether oxygens (including phenoxy) is 2. The Morgan fingerprint density at radius 3 is 2.53 bits per heavy atom. The average Bonchev–Trinajstić information content (AvgIpc) is 3.70. The first kappa shape index (κ1) is 32.9. The number of hydrogen-bond acceptors (Lipinski definition) is 8. The van der Waals surface area contributed by atoms with E-state index in [0.29, 0.717) is 83.1 Å². The van der Waals surface area contributed by atoms with E-state index in [4.69, 9.17) is 18.9 Å². The topological polar surface area (TPSA) is 119 Å². The first-order chi connectivity index (χ1) is 24.6. The Hall–Kier alpha value is -5.31. The number of carbonyl (C=O) groups is 1. The summed E-state index contributed by atoms with van der Waals surface area (Å²) in [4.78, 5) is 20.6. The van der Waals surface area contributed by atoms with Crippen LogP contribution in [0.3, 0.4) is 0 Å². The molecule has 1 saturated heterocycles. The minimum absolute atomic E-state index is 0.118. The van der Waals surface area contributed by atoms with Crippen molar-refractivity contribution in [2.24, 2.45) is 0 Å². The second kappa shape index (κ2) is 12.8. The molecule has 2 aliphatic heterocycles. The number of anilines is 1. The van der Waals surface area contributed by atoms with E-state index in [9.17, 15) is 22.0 Å². The average molecular weight is 714 g/mol. The highest BCUT2D eigenvalue weighted by Crippen LogP contribution is 2.44. The Morgan fingerprint density at radius 1 is 1.00 bits per heavy atom. The molecule has 0 atom stereocenters. The standard InChI is InChI=1S/C37H33F2N5O6S/c1-40-37(45)34-26-18-25(28-10-11-32-35(41-28)31-19-24-27(39)4-3-5-29(24)43(31)21-49-32)30(20-33(26)50-36(34)22-6-8-23(38)9-7-22)44(51(2,46)47)13-12-42-14-16-48-17-15-42/h3-11,18-20H,12-17,21H2,1-2H3,(H,40,45). The van der Waals surface area contributed by atoms with Crippen LogP contribution in [0.5, 0.6) is 5.75 Å². The van der Waals surface area contributed by atoms with Gasteiger partial charge in [-0.25, -0.2) is 22.2 Å². The molecular weight excluding hydrogens is 680 g/mol. The Balaban J connectivity index is 1.35. The fourth-order valence-electron chi connectivity index (χ4n) is 6.83. The third-order valence-electron chi connectivity index (χ3n) is 9.38. The van der Waals surface area contributed by atoms with E-state index in [1.54, 1.807) is 36.4 Å². The lowest BCUT2D eigenvalue weighted by Crippen LogP contribution is -2.43. The predicted octanol–water partition coefficient (Wildman–Crippen LogP) is 5.87. The summed E-state index contributed by atoms with van der Waals surface area (Å²) < 4.78 is 77.0. The van der Waals surface area contributed by atoms with Crippen molar-refractivity contribution in [3.63, 3.8) is 0 Å². The largest absolute Gasteiger partial charge is 0.470 e. The quantitative estimate of drug-likeness (QED) is 0.208. The summed E-state index contributed by atoms with van der Waals surface area (Å²) >= 11 is 0. The molecule has 11 nitrogen and oxygen atoms in total. The normalized spacial score (nSPS) is 14.7. The van der Waals surface area contributed by atoms with Crippen molar-refractivity contribution in [3.05, 3.63) is 90.0 Å². The molecule has 0 saturated carbocycles. The van der Waals surface area contributed by atoms with Gasteiger partial charge in [0.2, 0.25) is 10.0 Å².